The van der Waals surface area contributed by atoms with Gasteiger partial charge in [-0.05, 0) is 34.9 Å². The highest BCUT2D eigenvalue weighted by molar-refractivity contribution is 5.64. The summed E-state index contributed by atoms with van der Waals surface area (Å²) in [7, 11) is 0. The standard InChI is InChI=1S/C20H19NO3/c22-15-23-11-10-19-12-18(13-21-19)17-6-8-20(9-7-17)24-14-16-4-2-1-3-5-16/h1-9,12-13,15,21H,10-11,14H2. The minimum Gasteiger partial charge on any atom is -0.489 e. The summed E-state index contributed by atoms with van der Waals surface area (Å²) >= 11 is 0. The molecular formula is C20H19NO3. The van der Waals surface area contributed by atoms with Crippen molar-refractivity contribution in [2.75, 3.05) is 6.61 Å². The first kappa shape index (κ1) is 15.9. The third-order valence-corrected chi connectivity index (χ3v) is 3.74. The van der Waals surface area contributed by atoms with Crippen molar-refractivity contribution in [2.45, 2.75) is 13.0 Å². The molecule has 0 amide bonds. The summed E-state index contributed by atoms with van der Waals surface area (Å²) in [6.07, 6.45) is 2.63. The molecule has 3 rings (SSSR count). The second-order valence-corrected chi connectivity index (χ2v) is 5.43. The summed E-state index contributed by atoms with van der Waals surface area (Å²) in [4.78, 5) is 13.4. The van der Waals surface area contributed by atoms with E-state index < -0.39 is 0 Å². The Morgan fingerprint density at radius 1 is 0.958 bits per heavy atom. The van der Waals surface area contributed by atoms with Crippen molar-refractivity contribution in [2.24, 2.45) is 0 Å². The van der Waals surface area contributed by atoms with Gasteiger partial charge in [-0.3, -0.25) is 4.79 Å². The topological polar surface area (TPSA) is 51.3 Å². The first-order valence-electron chi connectivity index (χ1n) is 7.85. The second kappa shape index (κ2) is 8.02. The van der Waals surface area contributed by atoms with Crippen LogP contribution in [-0.2, 0) is 22.6 Å². The summed E-state index contributed by atoms with van der Waals surface area (Å²) < 4.78 is 10.5. The quantitative estimate of drug-likeness (QED) is 0.504. The summed E-state index contributed by atoms with van der Waals surface area (Å²) in [6, 6.07) is 20.2. The number of carbonyl (C=O) groups is 1. The maximum Gasteiger partial charge on any atom is 0.293 e. The number of H-pyrrole nitrogens is 1. The lowest BCUT2D eigenvalue weighted by Crippen LogP contribution is -1.96. The van der Waals surface area contributed by atoms with Gasteiger partial charge < -0.3 is 14.5 Å². The molecule has 0 aliphatic rings. The molecule has 24 heavy (non-hydrogen) atoms. The van der Waals surface area contributed by atoms with Gasteiger partial charge >= 0.3 is 0 Å². The van der Waals surface area contributed by atoms with E-state index in [0.717, 1.165) is 28.1 Å². The zero-order valence-corrected chi connectivity index (χ0v) is 13.3. The number of nitrogens with one attached hydrogen (secondary N) is 1. The number of ether oxygens (including phenoxy) is 2. The molecule has 1 N–H and O–H groups in total. The SMILES string of the molecule is O=COCCc1cc(-c2ccc(OCc3ccccc3)cc2)c[nH]1. The summed E-state index contributed by atoms with van der Waals surface area (Å²) in [5, 5.41) is 0. The number of rotatable bonds is 8. The zero-order valence-electron chi connectivity index (χ0n) is 13.3. The number of hydrogen-bond donors (Lipinski definition) is 1. The van der Waals surface area contributed by atoms with E-state index in [1.165, 1.54) is 0 Å². The van der Waals surface area contributed by atoms with E-state index in [2.05, 4.69) is 11.1 Å². The molecule has 1 heterocycles. The Morgan fingerprint density at radius 3 is 2.50 bits per heavy atom. The Bertz CT molecular complexity index is 763. The fourth-order valence-corrected chi connectivity index (χ4v) is 2.45. The lowest BCUT2D eigenvalue weighted by atomic mass is 10.1. The van der Waals surface area contributed by atoms with Crippen molar-refractivity contribution in [3.8, 4) is 16.9 Å². The Hall–Kier alpha value is -3.01. The average Bonchev–Trinajstić information content (AvgIpc) is 3.10. The van der Waals surface area contributed by atoms with Crippen molar-refractivity contribution < 1.29 is 14.3 Å². The molecule has 0 saturated heterocycles. The van der Waals surface area contributed by atoms with Crippen LogP contribution in [0.2, 0.25) is 0 Å². The molecule has 2 aromatic carbocycles. The minimum absolute atomic E-state index is 0.385. The molecule has 0 atom stereocenters. The van der Waals surface area contributed by atoms with E-state index >= 15 is 0 Å². The normalized spacial score (nSPS) is 10.3. The maximum absolute atomic E-state index is 10.2. The maximum atomic E-state index is 10.2. The van der Waals surface area contributed by atoms with Gasteiger partial charge in [0.25, 0.3) is 6.47 Å². The van der Waals surface area contributed by atoms with Crippen LogP contribution in [-0.4, -0.2) is 18.1 Å². The number of aromatic amines is 1. The molecule has 3 aromatic rings. The van der Waals surface area contributed by atoms with Crippen LogP contribution in [0.3, 0.4) is 0 Å². The summed E-state index contributed by atoms with van der Waals surface area (Å²) in [5.74, 6) is 0.845. The number of aromatic nitrogens is 1. The number of benzene rings is 2. The summed E-state index contributed by atoms with van der Waals surface area (Å²) in [5.41, 5.74) is 4.40. The monoisotopic (exact) mass is 321 g/mol. The summed E-state index contributed by atoms with van der Waals surface area (Å²) in [6.45, 7) is 1.42. The van der Waals surface area contributed by atoms with Crippen LogP contribution >= 0.6 is 0 Å². The molecule has 0 radical (unpaired) electrons. The van der Waals surface area contributed by atoms with Gasteiger partial charge in [0, 0.05) is 18.3 Å². The van der Waals surface area contributed by atoms with Crippen LogP contribution in [0.15, 0.2) is 66.9 Å². The van der Waals surface area contributed by atoms with Crippen molar-refractivity contribution in [1.82, 2.24) is 4.98 Å². The molecule has 0 unspecified atom stereocenters. The molecule has 0 spiro atoms. The lowest BCUT2D eigenvalue weighted by Gasteiger charge is -2.07. The largest absolute Gasteiger partial charge is 0.489 e. The van der Waals surface area contributed by atoms with Crippen molar-refractivity contribution in [3.63, 3.8) is 0 Å². The average molecular weight is 321 g/mol. The van der Waals surface area contributed by atoms with E-state index in [9.17, 15) is 4.79 Å². The molecule has 4 nitrogen and oxygen atoms in total. The van der Waals surface area contributed by atoms with E-state index in [1.807, 2.05) is 60.8 Å². The van der Waals surface area contributed by atoms with Gasteiger partial charge in [0.05, 0.1) is 6.61 Å². The Labute approximate surface area is 141 Å². The number of carbonyl (C=O) groups excluding carboxylic acids is 1. The smallest absolute Gasteiger partial charge is 0.293 e. The number of hydrogen-bond acceptors (Lipinski definition) is 3. The highest BCUT2D eigenvalue weighted by Gasteiger charge is 2.03. The first-order chi connectivity index (χ1) is 11.8. The van der Waals surface area contributed by atoms with Crippen molar-refractivity contribution in [1.29, 1.82) is 0 Å². The molecule has 0 saturated carbocycles. The molecule has 0 fully saturated rings. The third-order valence-electron chi connectivity index (χ3n) is 3.74. The van der Waals surface area contributed by atoms with Gasteiger partial charge in [-0.1, -0.05) is 42.5 Å². The van der Waals surface area contributed by atoms with Crippen LogP contribution in [0.25, 0.3) is 11.1 Å². The Morgan fingerprint density at radius 2 is 1.75 bits per heavy atom. The highest BCUT2D eigenvalue weighted by atomic mass is 16.5. The van der Waals surface area contributed by atoms with Crippen LogP contribution < -0.4 is 4.74 Å². The van der Waals surface area contributed by atoms with Gasteiger partial charge in [-0.2, -0.15) is 0 Å². The Balaban J connectivity index is 1.59. The molecule has 4 heteroatoms. The van der Waals surface area contributed by atoms with E-state index in [1.54, 1.807) is 0 Å². The molecule has 1 aromatic heterocycles. The predicted octanol–water partition coefficient (Wildman–Crippen LogP) is 3.98. The van der Waals surface area contributed by atoms with E-state index in [-0.39, 0.29) is 0 Å². The van der Waals surface area contributed by atoms with Gasteiger partial charge in [-0.15, -0.1) is 0 Å². The molecule has 0 aliphatic carbocycles. The van der Waals surface area contributed by atoms with Crippen molar-refractivity contribution in [3.05, 3.63) is 78.1 Å². The Kier molecular flexibility index (Phi) is 5.30. The second-order valence-electron chi connectivity index (χ2n) is 5.43. The van der Waals surface area contributed by atoms with Crippen LogP contribution in [0.4, 0.5) is 0 Å². The van der Waals surface area contributed by atoms with Crippen molar-refractivity contribution >= 4 is 6.47 Å². The first-order valence-corrected chi connectivity index (χ1v) is 7.85. The fourth-order valence-electron chi connectivity index (χ4n) is 2.45. The minimum atomic E-state index is 0.385. The van der Waals surface area contributed by atoms with Gasteiger partial charge in [0.1, 0.15) is 12.4 Å². The van der Waals surface area contributed by atoms with E-state index in [0.29, 0.717) is 26.1 Å². The molecular weight excluding hydrogens is 302 g/mol. The van der Waals surface area contributed by atoms with Gasteiger partial charge in [0.15, 0.2) is 0 Å². The highest BCUT2D eigenvalue weighted by Crippen LogP contribution is 2.23. The van der Waals surface area contributed by atoms with E-state index in [4.69, 9.17) is 9.47 Å². The van der Waals surface area contributed by atoms with Gasteiger partial charge in [0.2, 0.25) is 0 Å². The van der Waals surface area contributed by atoms with Gasteiger partial charge in [-0.25, -0.2) is 0 Å². The third kappa shape index (κ3) is 4.26. The lowest BCUT2D eigenvalue weighted by molar-refractivity contribution is -0.128. The van der Waals surface area contributed by atoms with Crippen LogP contribution in [0.5, 0.6) is 5.75 Å². The molecule has 0 bridgehead atoms. The van der Waals surface area contributed by atoms with Crippen LogP contribution in [0, 0.1) is 0 Å². The van der Waals surface area contributed by atoms with Crippen LogP contribution in [0.1, 0.15) is 11.3 Å². The molecule has 122 valence electrons. The predicted molar refractivity (Wildman–Crippen MR) is 92.7 cm³/mol. The zero-order chi connectivity index (χ0) is 16.6. The molecule has 0 aliphatic heterocycles. The fraction of sp³-hybridized carbons (Fsp3) is 0.150.